The first-order valence-electron chi connectivity index (χ1n) is 6.69. The minimum absolute atomic E-state index is 0.0584. The molecule has 1 atom stereocenters. The van der Waals surface area contributed by atoms with Crippen molar-refractivity contribution in [2.24, 2.45) is 5.41 Å². The predicted octanol–water partition coefficient (Wildman–Crippen LogP) is 5.40. The van der Waals surface area contributed by atoms with Crippen LogP contribution in [0.25, 0.3) is 11.0 Å². The molecule has 0 aliphatic carbocycles. The quantitative estimate of drug-likeness (QED) is 0.678. The summed E-state index contributed by atoms with van der Waals surface area (Å²) in [5.74, 6) is 0.754. The second-order valence-electron chi connectivity index (χ2n) is 6.27. The molecular formula is C15H18ClF3N2. The summed E-state index contributed by atoms with van der Waals surface area (Å²) < 4.78 is 40.3. The molecule has 0 fully saturated rings. The molecule has 1 unspecified atom stereocenters. The van der Waals surface area contributed by atoms with Gasteiger partial charge in [0.15, 0.2) is 0 Å². The van der Waals surface area contributed by atoms with Crippen molar-refractivity contribution in [2.75, 3.05) is 0 Å². The van der Waals surface area contributed by atoms with E-state index >= 15 is 0 Å². The molecule has 1 aromatic carbocycles. The molecule has 2 aromatic rings. The Balaban J connectivity index is 2.66. The Bertz CT molecular complexity index is 653. The van der Waals surface area contributed by atoms with Gasteiger partial charge in [-0.3, -0.25) is 0 Å². The first kappa shape index (κ1) is 16.1. The molecule has 2 rings (SSSR count). The highest BCUT2D eigenvalue weighted by molar-refractivity contribution is 6.16. The zero-order valence-electron chi connectivity index (χ0n) is 12.4. The van der Waals surface area contributed by atoms with Crippen LogP contribution in [-0.4, -0.2) is 9.55 Å². The topological polar surface area (TPSA) is 17.8 Å². The van der Waals surface area contributed by atoms with Crippen LogP contribution in [0.2, 0.25) is 0 Å². The number of halogens is 4. The summed E-state index contributed by atoms with van der Waals surface area (Å²) in [6, 6.07) is 3.71. The molecule has 0 saturated carbocycles. The van der Waals surface area contributed by atoms with Gasteiger partial charge in [-0.05, 0) is 30.5 Å². The van der Waals surface area contributed by atoms with Crippen LogP contribution in [-0.2, 0) is 12.1 Å². The first-order valence-corrected chi connectivity index (χ1v) is 7.23. The normalized spacial score (nSPS) is 14.7. The minimum Gasteiger partial charge on any atom is -0.324 e. The van der Waals surface area contributed by atoms with E-state index in [9.17, 15) is 13.2 Å². The third kappa shape index (κ3) is 3.03. The lowest BCUT2D eigenvalue weighted by atomic mass is 9.87. The lowest BCUT2D eigenvalue weighted by molar-refractivity contribution is -0.137. The summed E-state index contributed by atoms with van der Waals surface area (Å²) in [4.78, 5) is 4.27. The molecule has 0 aliphatic rings. The molecule has 0 aliphatic heterocycles. The van der Waals surface area contributed by atoms with E-state index < -0.39 is 11.7 Å². The lowest BCUT2D eigenvalue weighted by Gasteiger charge is -2.30. The van der Waals surface area contributed by atoms with E-state index in [4.69, 9.17) is 11.6 Å². The van der Waals surface area contributed by atoms with E-state index in [0.717, 1.165) is 12.1 Å². The predicted molar refractivity (Wildman–Crippen MR) is 78.5 cm³/mol. The highest BCUT2D eigenvalue weighted by Gasteiger charge is 2.32. The van der Waals surface area contributed by atoms with Gasteiger partial charge in [0.2, 0.25) is 0 Å². The molecule has 0 spiro atoms. The molecule has 0 bridgehead atoms. The molecule has 1 heterocycles. The molecule has 116 valence electrons. The van der Waals surface area contributed by atoms with Gasteiger partial charge in [0.05, 0.1) is 22.5 Å². The summed E-state index contributed by atoms with van der Waals surface area (Å²) in [5, 5.41) is 0. The number of benzene rings is 1. The summed E-state index contributed by atoms with van der Waals surface area (Å²) in [6.45, 7) is 8.25. The monoisotopic (exact) mass is 318 g/mol. The van der Waals surface area contributed by atoms with Crippen LogP contribution < -0.4 is 0 Å². The average molecular weight is 319 g/mol. The van der Waals surface area contributed by atoms with Gasteiger partial charge in [-0.15, -0.1) is 11.6 Å². The number of aromatic nitrogens is 2. The van der Waals surface area contributed by atoms with E-state index in [1.165, 1.54) is 6.07 Å². The van der Waals surface area contributed by atoms with Gasteiger partial charge in [0, 0.05) is 6.04 Å². The van der Waals surface area contributed by atoms with Crippen molar-refractivity contribution in [3.05, 3.63) is 29.6 Å². The molecule has 0 N–H and O–H groups in total. The number of fused-ring (bicyclic) bond motifs is 1. The smallest absolute Gasteiger partial charge is 0.324 e. The van der Waals surface area contributed by atoms with Gasteiger partial charge in [0.25, 0.3) is 0 Å². The van der Waals surface area contributed by atoms with Crippen molar-refractivity contribution >= 4 is 22.6 Å². The van der Waals surface area contributed by atoms with Crippen molar-refractivity contribution in [1.29, 1.82) is 0 Å². The van der Waals surface area contributed by atoms with Gasteiger partial charge >= 0.3 is 6.18 Å². The van der Waals surface area contributed by atoms with Crippen molar-refractivity contribution in [2.45, 2.75) is 45.8 Å². The molecular weight excluding hydrogens is 301 g/mol. The zero-order valence-corrected chi connectivity index (χ0v) is 13.2. The van der Waals surface area contributed by atoms with Crippen LogP contribution in [0.3, 0.4) is 0 Å². The number of imidazole rings is 1. The van der Waals surface area contributed by atoms with E-state index in [2.05, 4.69) is 25.8 Å². The molecule has 0 saturated heterocycles. The Morgan fingerprint density at radius 2 is 1.86 bits per heavy atom. The molecule has 0 amide bonds. The number of nitrogens with zero attached hydrogens (tertiary/aromatic N) is 2. The maximum Gasteiger partial charge on any atom is 0.416 e. The fraction of sp³-hybridized carbons (Fsp3) is 0.533. The highest BCUT2D eigenvalue weighted by atomic mass is 35.5. The molecule has 6 heteroatoms. The molecule has 2 nitrogen and oxygen atoms in total. The first-order chi connectivity index (χ1) is 9.55. The van der Waals surface area contributed by atoms with Gasteiger partial charge in [-0.25, -0.2) is 4.98 Å². The zero-order chi connectivity index (χ0) is 16.0. The highest BCUT2D eigenvalue weighted by Crippen LogP contribution is 2.36. The summed E-state index contributed by atoms with van der Waals surface area (Å²) >= 11 is 5.92. The number of rotatable bonds is 2. The Hall–Kier alpha value is -1.23. The molecule has 21 heavy (non-hydrogen) atoms. The van der Waals surface area contributed by atoms with Crippen LogP contribution in [0, 0.1) is 5.41 Å². The van der Waals surface area contributed by atoms with Gasteiger partial charge in [-0.2, -0.15) is 13.2 Å². The minimum atomic E-state index is -4.37. The Labute approximate surface area is 126 Å². The summed E-state index contributed by atoms with van der Waals surface area (Å²) in [6.07, 6.45) is -4.37. The third-order valence-corrected chi connectivity index (χ3v) is 4.09. The van der Waals surface area contributed by atoms with Crippen molar-refractivity contribution < 1.29 is 13.2 Å². The number of alkyl halides is 4. The van der Waals surface area contributed by atoms with Crippen LogP contribution in [0.15, 0.2) is 18.2 Å². The summed E-state index contributed by atoms with van der Waals surface area (Å²) in [7, 11) is 0. The van der Waals surface area contributed by atoms with E-state index in [-0.39, 0.29) is 17.3 Å². The van der Waals surface area contributed by atoms with Crippen molar-refractivity contribution in [3.8, 4) is 0 Å². The SMILES string of the molecule is CC(n1c(CCl)nc2cc(C(F)(F)F)ccc21)C(C)(C)C. The van der Waals surface area contributed by atoms with Crippen LogP contribution >= 0.6 is 11.6 Å². The fourth-order valence-electron chi connectivity index (χ4n) is 2.24. The van der Waals surface area contributed by atoms with Crippen LogP contribution in [0.5, 0.6) is 0 Å². The Morgan fingerprint density at radius 3 is 2.33 bits per heavy atom. The van der Waals surface area contributed by atoms with Crippen molar-refractivity contribution in [3.63, 3.8) is 0 Å². The maximum atomic E-state index is 12.8. The van der Waals surface area contributed by atoms with Gasteiger partial charge in [-0.1, -0.05) is 20.8 Å². The van der Waals surface area contributed by atoms with Crippen molar-refractivity contribution in [1.82, 2.24) is 9.55 Å². The second kappa shape index (κ2) is 5.20. The maximum absolute atomic E-state index is 12.8. The standard InChI is InChI=1S/C15H18ClF3N2/c1-9(14(2,3)4)21-12-6-5-10(15(17,18)19)7-11(12)20-13(21)8-16/h5-7,9H,8H2,1-4H3. The average Bonchev–Trinajstić information content (AvgIpc) is 2.72. The largest absolute Gasteiger partial charge is 0.416 e. The Kier molecular flexibility index (Phi) is 4.00. The molecule has 1 aromatic heterocycles. The van der Waals surface area contributed by atoms with Crippen LogP contribution in [0.4, 0.5) is 13.2 Å². The van der Waals surface area contributed by atoms with Crippen LogP contribution in [0.1, 0.15) is 45.1 Å². The Morgan fingerprint density at radius 1 is 1.24 bits per heavy atom. The van der Waals surface area contributed by atoms with E-state index in [1.807, 2.05) is 11.5 Å². The fourth-order valence-corrected chi connectivity index (χ4v) is 2.43. The second-order valence-corrected chi connectivity index (χ2v) is 6.54. The third-order valence-electron chi connectivity index (χ3n) is 3.85. The lowest BCUT2D eigenvalue weighted by Crippen LogP contribution is -2.23. The van der Waals surface area contributed by atoms with Gasteiger partial charge in [0.1, 0.15) is 5.82 Å². The van der Waals surface area contributed by atoms with E-state index in [0.29, 0.717) is 16.9 Å². The summed E-state index contributed by atoms with van der Waals surface area (Å²) in [5.41, 5.74) is 0.263. The van der Waals surface area contributed by atoms with Gasteiger partial charge < -0.3 is 4.57 Å². The molecule has 0 radical (unpaired) electrons. The number of hydrogen-bond donors (Lipinski definition) is 0. The number of hydrogen-bond acceptors (Lipinski definition) is 1. The van der Waals surface area contributed by atoms with E-state index in [1.54, 1.807) is 0 Å².